The number of rotatable bonds is 10. The van der Waals surface area contributed by atoms with E-state index < -0.39 is 0 Å². The van der Waals surface area contributed by atoms with Gasteiger partial charge in [0, 0.05) is 26.2 Å². The first-order chi connectivity index (χ1) is 16.2. The molecule has 3 aromatic carbocycles. The van der Waals surface area contributed by atoms with Crippen LogP contribution in [0.4, 0.5) is 0 Å². The molecule has 3 aromatic rings. The van der Waals surface area contributed by atoms with Crippen LogP contribution in [0, 0.1) is 0 Å². The lowest BCUT2D eigenvalue weighted by molar-refractivity contribution is -0.123. The minimum Gasteiger partial charge on any atom is -0.489 e. The van der Waals surface area contributed by atoms with Crippen LogP contribution >= 0.6 is 0 Å². The summed E-state index contributed by atoms with van der Waals surface area (Å²) < 4.78 is 16.8. The number of hydrogen-bond donors (Lipinski definition) is 1. The first-order valence-corrected chi connectivity index (χ1v) is 11.3. The highest BCUT2D eigenvalue weighted by molar-refractivity contribution is 5.77. The zero-order valence-corrected chi connectivity index (χ0v) is 18.7. The van der Waals surface area contributed by atoms with Gasteiger partial charge < -0.3 is 19.5 Å². The Morgan fingerprint density at radius 2 is 1.48 bits per heavy atom. The van der Waals surface area contributed by atoms with Crippen molar-refractivity contribution in [3.8, 4) is 11.5 Å². The van der Waals surface area contributed by atoms with Crippen molar-refractivity contribution in [2.45, 2.75) is 19.7 Å². The van der Waals surface area contributed by atoms with Gasteiger partial charge in [-0.25, -0.2) is 0 Å². The van der Waals surface area contributed by atoms with Crippen LogP contribution in [0.3, 0.4) is 0 Å². The average molecular weight is 447 g/mol. The lowest BCUT2D eigenvalue weighted by atomic mass is 10.1. The highest BCUT2D eigenvalue weighted by Crippen LogP contribution is 2.18. The maximum absolute atomic E-state index is 12.2. The predicted octanol–water partition coefficient (Wildman–Crippen LogP) is 3.79. The number of nitrogens with one attached hydrogen (secondary N) is 1. The van der Waals surface area contributed by atoms with Crippen LogP contribution in [-0.4, -0.2) is 43.7 Å². The van der Waals surface area contributed by atoms with Crippen molar-refractivity contribution in [1.82, 2.24) is 10.2 Å². The fourth-order valence-electron chi connectivity index (χ4n) is 3.63. The monoisotopic (exact) mass is 446 g/mol. The second kappa shape index (κ2) is 12.0. The molecule has 0 aromatic heterocycles. The van der Waals surface area contributed by atoms with Gasteiger partial charge >= 0.3 is 0 Å². The Morgan fingerprint density at radius 3 is 2.24 bits per heavy atom. The van der Waals surface area contributed by atoms with Crippen LogP contribution in [0.5, 0.6) is 11.5 Å². The number of carbonyl (C=O) groups excluding carboxylic acids is 1. The van der Waals surface area contributed by atoms with E-state index in [0.717, 1.165) is 49.7 Å². The van der Waals surface area contributed by atoms with E-state index in [1.165, 1.54) is 5.56 Å². The fraction of sp³-hybridized carbons (Fsp3) is 0.296. The van der Waals surface area contributed by atoms with E-state index in [4.69, 9.17) is 14.2 Å². The van der Waals surface area contributed by atoms with E-state index in [-0.39, 0.29) is 12.5 Å². The van der Waals surface area contributed by atoms with Crippen LogP contribution in [0.15, 0.2) is 78.9 Å². The highest BCUT2D eigenvalue weighted by atomic mass is 16.5. The second-order valence-corrected chi connectivity index (χ2v) is 8.02. The van der Waals surface area contributed by atoms with Crippen molar-refractivity contribution in [2.24, 2.45) is 0 Å². The smallest absolute Gasteiger partial charge is 0.258 e. The Hall–Kier alpha value is -3.35. The van der Waals surface area contributed by atoms with E-state index in [0.29, 0.717) is 18.9 Å². The van der Waals surface area contributed by atoms with Crippen molar-refractivity contribution >= 4 is 5.91 Å². The Morgan fingerprint density at radius 1 is 0.818 bits per heavy atom. The van der Waals surface area contributed by atoms with Gasteiger partial charge in [0.2, 0.25) is 0 Å². The van der Waals surface area contributed by atoms with E-state index in [1.54, 1.807) is 0 Å². The largest absolute Gasteiger partial charge is 0.489 e. The van der Waals surface area contributed by atoms with Crippen LogP contribution in [0.2, 0.25) is 0 Å². The van der Waals surface area contributed by atoms with E-state index >= 15 is 0 Å². The molecular weight excluding hydrogens is 416 g/mol. The van der Waals surface area contributed by atoms with Gasteiger partial charge in [0.05, 0.1) is 13.2 Å². The maximum Gasteiger partial charge on any atom is 0.258 e. The van der Waals surface area contributed by atoms with Gasteiger partial charge in [-0.2, -0.15) is 0 Å². The van der Waals surface area contributed by atoms with Gasteiger partial charge in [-0.05, 0) is 41.0 Å². The van der Waals surface area contributed by atoms with Crippen LogP contribution in [-0.2, 0) is 29.2 Å². The molecule has 1 heterocycles. The molecule has 0 atom stereocenters. The number of carbonyl (C=O) groups is 1. The molecule has 6 heteroatoms. The summed E-state index contributed by atoms with van der Waals surface area (Å²) in [5.41, 5.74) is 3.43. The van der Waals surface area contributed by atoms with Crippen molar-refractivity contribution in [2.75, 3.05) is 32.9 Å². The van der Waals surface area contributed by atoms with Gasteiger partial charge in [0.25, 0.3) is 5.91 Å². The summed E-state index contributed by atoms with van der Waals surface area (Å²) in [6.07, 6.45) is 0. The Labute approximate surface area is 195 Å². The maximum atomic E-state index is 12.2. The van der Waals surface area contributed by atoms with Crippen LogP contribution in [0.25, 0.3) is 0 Å². The van der Waals surface area contributed by atoms with Crippen molar-refractivity contribution in [1.29, 1.82) is 0 Å². The molecule has 1 amide bonds. The molecule has 6 nitrogen and oxygen atoms in total. The lowest BCUT2D eigenvalue weighted by Crippen LogP contribution is -2.35. The molecule has 172 valence electrons. The molecule has 0 spiro atoms. The first-order valence-electron chi connectivity index (χ1n) is 11.3. The summed E-state index contributed by atoms with van der Waals surface area (Å²) in [6, 6.07) is 25.6. The summed E-state index contributed by atoms with van der Waals surface area (Å²) in [5, 5.41) is 2.93. The minimum absolute atomic E-state index is 0.0301. The zero-order chi connectivity index (χ0) is 22.7. The molecule has 1 fully saturated rings. The molecule has 33 heavy (non-hydrogen) atoms. The van der Waals surface area contributed by atoms with Crippen molar-refractivity contribution in [3.63, 3.8) is 0 Å². The predicted molar refractivity (Wildman–Crippen MR) is 127 cm³/mol. The Bertz CT molecular complexity index is 1000. The quantitative estimate of drug-likeness (QED) is 0.514. The summed E-state index contributed by atoms with van der Waals surface area (Å²) in [4.78, 5) is 14.6. The van der Waals surface area contributed by atoms with Gasteiger partial charge in [-0.1, -0.05) is 54.6 Å². The lowest BCUT2D eigenvalue weighted by Gasteiger charge is -2.26. The summed E-state index contributed by atoms with van der Waals surface area (Å²) in [7, 11) is 0. The van der Waals surface area contributed by atoms with E-state index in [2.05, 4.69) is 22.3 Å². The van der Waals surface area contributed by atoms with Crippen molar-refractivity contribution < 1.29 is 19.0 Å². The number of hydrogen-bond acceptors (Lipinski definition) is 5. The van der Waals surface area contributed by atoms with Crippen molar-refractivity contribution in [3.05, 3.63) is 95.6 Å². The SMILES string of the molecule is O=C(COc1ccc(OCc2ccccc2)cc1)NCc1cccc(CN2CCOCC2)c1. The molecule has 1 saturated heterocycles. The standard InChI is InChI=1S/C27H30N2O4/c30-27(28-18-23-7-4-8-24(17-23)19-29-13-15-31-16-14-29)21-33-26-11-9-25(10-12-26)32-20-22-5-2-1-3-6-22/h1-12,17H,13-16,18-21H2,(H,28,30). The molecule has 0 saturated carbocycles. The summed E-state index contributed by atoms with van der Waals surface area (Å²) in [5.74, 6) is 1.23. The third kappa shape index (κ3) is 7.63. The van der Waals surface area contributed by atoms with E-state index in [1.807, 2.05) is 66.7 Å². The van der Waals surface area contributed by atoms with Gasteiger partial charge in [-0.3, -0.25) is 9.69 Å². The molecule has 0 aliphatic carbocycles. The third-order valence-corrected chi connectivity index (χ3v) is 5.43. The molecular formula is C27H30N2O4. The molecule has 0 unspecified atom stereocenters. The zero-order valence-electron chi connectivity index (χ0n) is 18.7. The number of nitrogens with zero attached hydrogens (tertiary/aromatic N) is 1. The molecule has 1 aliphatic rings. The fourth-order valence-corrected chi connectivity index (χ4v) is 3.63. The number of ether oxygens (including phenoxy) is 3. The number of morpholine rings is 1. The summed E-state index contributed by atoms with van der Waals surface area (Å²) in [6.45, 7) is 5.36. The average Bonchev–Trinajstić information content (AvgIpc) is 2.87. The molecule has 1 N–H and O–H groups in total. The Balaban J connectivity index is 1.17. The third-order valence-electron chi connectivity index (χ3n) is 5.43. The topological polar surface area (TPSA) is 60.0 Å². The van der Waals surface area contributed by atoms with Crippen LogP contribution < -0.4 is 14.8 Å². The van der Waals surface area contributed by atoms with Gasteiger partial charge in [-0.15, -0.1) is 0 Å². The Kier molecular flexibility index (Phi) is 8.33. The minimum atomic E-state index is -0.155. The van der Waals surface area contributed by atoms with E-state index in [9.17, 15) is 4.79 Å². The van der Waals surface area contributed by atoms with Gasteiger partial charge in [0.1, 0.15) is 18.1 Å². The van der Waals surface area contributed by atoms with Gasteiger partial charge in [0.15, 0.2) is 6.61 Å². The normalized spacial score (nSPS) is 13.9. The first kappa shape index (κ1) is 22.8. The number of benzene rings is 3. The molecule has 1 aliphatic heterocycles. The number of amides is 1. The summed E-state index contributed by atoms with van der Waals surface area (Å²) >= 11 is 0. The second-order valence-electron chi connectivity index (χ2n) is 8.02. The van der Waals surface area contributed by atoms with Crippen LogP contribution in [0.1, 0.15) is 16.7 Å². The molecule has 0 radical (unpaired) electrons. The molecule has 4 rings (SSSR count). The molecule has 0 bridgehead atoms. The highest BCUT2D eigenvalue weighted by Gasteiger charge is 2.11.